The van der Waals surface area contributed by atoms with Crippen molar-refractivity contribution in [2.24, 2.45) is 0 Å². The number of rotatable bonds is 5. The van der Waals surface area contributed by atoms with E-state index in [2.05, 4.69) is 10.4 Å². The summed E-state index contributed by atoms with van der Waals surface area (Å²) in [4.78, 5) is 12.1. The summed E-state index contributed by atoms with van der Waals surface area (Å²) in [6, 6.07) is 11.9. The van der Waals surface area contributed by atoms with Crippen molar-refractivity contribution >= 4 is 11.7 Å². The van der Waals surface area contributed by atoms with Crippen LogP contribution in [0.2, 0.25) is 0 Å². The van der Waals surface area contributed by atoms with Gasteiger partial charge in [-0.25, -0.2) is 13.5 Å². The Morgan fingerprint density at radius 2 is 2.04 bits per heavy atom. The highest BCUT2D eigenvalue weighted by molar-refractivity contribution is 5.91. The Hall–Kier alpha value is -3.22. The lowest BCUT2D eigenvalue weighted by Gasteiger charge is -2.05. The zero-order valence-electron chi connectivity index (χ0n) is 13.4. The first kappa shape index (κ1) is 16.6. The second-order valence-electron chi connectivity index (χ2n) is 5.32. The van der Waals surface area contributed by atoms with Crippen LogP contribution in [0.3, 0.4) is 0 Å². The summed E-state index contributed by atoms with van der Waals surface area (Å²) in [5.74, 6) is -0.728. The van der Waals surface area contributed by atoms with Crippen molar-refractivity contribution in [1.82, 2.24) is 9.78 Å². The van der Waals surface area contributed by atoms with E-state index in [0.717, 1.165) is 17.7 Å². The topological polar surface area (TPSA) is 56.1 Å². The van der Waals surface area contributed by atoms with E-state index >= 15 is 0 Å². The van der Waals surface area contributed by atoms with Crippen LogP contribution >= 0.6 is 0 Å². The SMILES string of the molecule is COc1cccc(CC(=O)Nc2ccn(-c3ccc(F)cc3F)n2)c1. The Labute approximate surface area is 142 Å². The fourth-order valence-corrected chi connectivity index (χ4v) is 2.35. The Kier molecular flexibility index (Phi) is 4.74. The lowest BCUT2D eigenvalue weighted by Crippen LogP contribution is -2.15. The van der Waals surface area contributed by atoms with Gasteiger partial charge in [0.15, 0.2) is 11.6 Å². The summed E-state index contributed by atoms with van der Waals surface area (Å²) in [7, 11) is 1.56. The van der Waals surface area contributed by atoms with Gasteiger partial charge in [-0.2, -0.15) is 0 Å². The van der Waals surface area contributed by atoms with Crippen molar-refractivity contribution in [2.75, 3.05) is 12.4 Å². The predicted molar refractivity (Wildman–Crippen MR) is 88.8 cm³/mol. The van der Waals surface area contributed by atoms with Crippen LogP contribution in [0.4, 0.5) is 14.6 Å². The molecule has 1 aromatic heterocycles. The Morgan fingerprint density at radius 1 is 1.20 bits per heavy atom. The molecule has 3 aromatic rings. The van der Waals surface area contributed by atoms with Gasteiger partial charge in [-0.3, -0.25) is 4.79 Å². The average molecular weight is 343 g/mol. The minimum absolute atomic E-state index is 0.0923. The van der Waals surface area contributed by atoms with Crippen LogP contribution in [0.25, 0.3) is 5.69 Å². The van der Waals surface area contributed by atoms with Crippen molar-refractivity contribution in [3.05, 3.63) is 71.9 Å². The van der Waals surface area contributed by atoms with E-state index in [-0.39, 0.29) is 23.8 Å². The van der Waals surface area contributed by atoms with Crippen LogP contribution < -0.4 is 10.1 Å². The number of nitrogens with one attached hydrogen (secondary N) is 1. The number of amides is 1. The van der Waals surface area contributed by atoms with E-state index in [1.54, 1.807) is 25.3 Å². The Bertz CT molecular complexity index is 909. The summed E-state index contributed by atoms with van der Waals surface area (Å²) in [6.45, 7) is 0. The highest BCUT2D eigenvalue weighted by atomic mass is 19.1. The predicted octanol–water partition coefficient (Wildman–Crippen LogP) is 3.34. The highest BCUT2D eigenvalue weighted by Gasteiger charge is 2.10. The molecule has 0 spiro atoms. The van der Waals surface area contributed by atoms with Crippen molar-refractivity contribution in [3.8, 4) is 11.4 Å². The van der Waals surface area contributed by atoms with Gasteiger partial charge in [0.25, 0.3) is 0 Å². The Balaban J connectivity index is 1.69. The third-order valence-electron chi connectivity index (χ3n) is 3.51. The summed E-state index contributed by atoms with van der Waals surface area (Å²) < 4.78 is 33.1. The molecule has 5 nitrogen and oxygen atoms in total. The molecule has 0 fully saturated rings. The third-order valence-corrected chi connectivity index (χ3v) is 3.51. The largest absolute Gasteiger partial charge is 0.497 e. The molecular formula is C18H15F2N3O2. The molecule has 1 N–H and O–H groups in total. The zero-order valence-corrected chi connectivity index (χ0v) is 13.4. The number of anilines is 1. The van der Waals surface area contributed by atoms with E-state index in [0.29, 0.717) is 5.75 Å². The lowest BCUT2D eigenvalue weighted by molar-refractivity contribution is -0.115. The van der Waals surface area contributed by atoms with E-state index in [1.807, 2.05) is 6.07 Å². The van der Waals surface area contributed by atoms with E-state index in [4.69, 9.17) is 4.74 Å². The number of halogens is 2. The number of nitrogens with zero attached hydrogens (tertiary/aromatic N) is 2. The summed E-state index contributed by atoms with van der Waals surface area (Å²) in [6.07, 6.45) is 1.63. The van der Waals surface area contributed by atoms with Crippen molar-refractivity contribution in [1.29, 1.82) is 0 Å². The molecule has 3 rings (SSSR count). The second-order valence-corrected chi connectivity index (χ2v) is 5.32. The van der Waals surface area contributed by atoms with Gasteiger partial charge in [0.05, 0.1) is 13.5 Å². The number of hydrogen-bond acceptors (Lipinski definition) is 3. The number of methoxy groups -OCH3 is 1. The van der Waals surface area contributed by atoms with Crippen LogP contribution in [0, 0.1) is 11.6 Å². The molecule has 1 amide bonds. The number of ether oxygens (including phenoxy) is 1. The van der Waals surface area contributed by atoms with Gasteiger partial charge < -0.3 is 10.1 Å². The van der Waals surface area contributed by atoms with Crippen LogP contribution in [0.5, 0.6) is 5.75 Å². The van der Waals surface area contributed by atoms with E-state index < -0.39 is 11.6 Å². The van der Waals surface area contributed by atoms with Crippen molar-refractivity contribution in [2.45, 2.75) is 6.42 Å². The number of aromatic nitrogens is 2. The normalized spacial score (nSPS) is 10.5. The van der Waals surface area contributed by atoms with Gasteiger partial charge in [-0.1, -0.05) is 12.1 Å². The molecule has 0 saturated heterocycles. The highest BCUT2D eigenvalue weighted by Crippen LogP contribution is 2.16. The average Bonchev–Trinajstić information content (AvgIpc) is 3.03. The van der Waals surface area contributed by atoms with Crippen molar-refractivity contribution < 1.29 is 18.3 Å². The molecule has 2 aromatic carbocycles. The maximum Gasteiger partial charge on any atom is 0.229 e. The molecule has 1 heterocycles. The third kappa shape index (κ3) is 4.00. The molecule has 128 valence electrons. The number of carbonyl (C=O) groups is 1. The first-order valence-electron chi connectivity index (χ1n) is 7.49. The minimum Gasteiger partial charge on any atom is -0.497 e. The van der Waals surface area contributed by atoms with Crippen LogP contribution in [0.1, 0.15) is 5.56 Å². The van der Waals surface area contributed by atoms with Gasteiger partial charge in [0, 0.05) is 18.3 Å². The standard InChI is InChI=1S/C18H15F2N3O2/c1-25-14-4-2-3-12(9-14)10-18(24)21-17-7-8-23(22-17)16-6-5-13(19)11-15(16)20/h2-9,11H,10H2,1H3,(H,21,22,24). The molecule has 0 aliphatic carbocycles. The maximum absolute atomic E-state index is 13.8. The maximum atomic E-state index is 13.8. The lowest BCUT2D eigenvalue weighted by atomic mass is 10.1. The van der Waals surface area contributed by atoms with Crippen LogP contribution in [-0.2, 0) is 11.2 Å². The molecule has 0 aliphatic rings. The van der Waals surface area contributed by atoms with Gasteiger partial charge >= 0.3 is 0 Å². The number of hydrogen-bond donors (Lipinski definition) is 1. The number of benzene rings is 2. The molecule has 0 bridgehead atoms. The van der Waals surface area contributed by atoms with Gasteiger partial charge in [0.2, 0.25) is 5.91 Å². The molecule has 0 radical (unpaired) electrons. The fraction of sp³-hybridized carbons (Fsp3) is 0.111. The Morgan fingerprint density at radius 3 is 2.80 bits per heavy atom. The second kappa shape index (κ2) is 7.12. The molecule has 0 saturated carbocycles. The fourth-order valence-electron chi connectivity index (χ4n) is 2.35. The van der Waals surface area contributed by atoms with E-state index in [9.17, 15) is 13.6 Å². The summed E-state index contributed by atoms with van der Waals surface area (Å²) in [5, 5.41) is 6.72. The molecule has 0 unspecified atom stereocenters. The quantitative estimate of drug-likeness (QED) is 0.773. The molecular weight excluding hydrogens is 328 g/mol. The molecule has 0 atom stereocenters. The minimum atomic E-state index is -0.739. The first-order chi connectivity index (χ1) is 12.0. The monoisotopic (exact) mass is 343 g/mol. The van der Waals surface area contributed by atoms with Crippen LogP contribution in [0.15, 0.2) is 54.7 Å². The smallest absolute Gasteiger partial charge is 0.229 e. The molecule has 25 heavy (non-hydrogen) atoms. The zero-order chi connectivity index (χ0) is 17.8. The van der Waals surface area contributed by atoms with E-state index in [1.165, 1.54) is 23.0 Å². The van der Waals surface area contributed by atoms with Crippen molar-refractivity contribution in [3.63, 3.8) is 0 Å². The number of carbonyl (C=O) groups excluding carboxylic acids is 1. The van der Waals surface area contributed by atoms with Gasteiger partial charge in [-0.15, -0.1) is 5.10 Å². The molecule has 7 heteroatoms. The van der Waals surface area contributed by atoms with Gasteiger partial charge in [0.1, 0.15) is 17.3 Å². The van der Waals surface area contributed by atoms with Gasteiger partial charge in [-0.05, 0) is 29.8 Å². The summed E-state index contributed by atoms with van der Waals surface area (Å²) in [5.41, 5.74) is 0.885. The first-order valence-corrected chi connectivity index (χ1v) is 7.49. The summed E-state index contributed by atoms with van der Waals surface area (Å²) >= 11 is 0. The van der Waals surface area contributed by atoms with Crippen LogP contribution in [-0.4, -0.2) is 22.8 Å². The molecule has 0 aliphatic heterocycles.